The van der Waals surface area contributed by atoms with Gasteiger partial charge in [-0.1, -0.05) is 25.7 Å². The van der Waals surface area contributed by atoms with Crippen LogP contribution in [0.25, 0.3) is 22.2 Å². The molecule has 4 rings (SSSR count). The van der Waals surface area contributed by atoms with Gasteiger partial charge in [-0.3, -0.25) is 4.79 Å². The predicted molar refractivity (Wildman–Crippen MR) is 97.2 cm³/mol. The summed E-state index contributed by atoms with van der Waals surface area (Å²) >= 11 is 0. The Hall–Kier alpha value is -2.96. The molecular weight excluding hydrogens is 334 g/mol. The fourth-order valence-corrected chi connectivity index (χ4v) is 3.70. The number of carbonyl (C=O) groups is 1. The molecule has 26 heavy (non-hydrogen) atoms. The molecule has 0 bridgehead atoms. The Morgan fingerprint density at radius 3 is 2.69 bits per heavy atom. The molecule has 134 valence electrons. The molecule has 0 atom stereocenters. The van der Waals surface area contributed by atoms with Crippen LogP contribution in [-0.4, -0.2) is 21.0 Å². The van der Waals surface area contributed by atoms with Crippen LogP contribution in [0.5, 0.6) is 0 Å². The van der Waals surface area contributed by atoms with Crippen molar-refractivity contribution in [2.75, 3.05) is 5.73 Å². The lowest BCUT2D eigenvalue weighted by Crippen LogP contribution is -2.10. The van der Waals surface area contributed by atoms with E-state index in [9.17, 15) is 14.7 Å². The Labute approximate surface area is 148 Å². The van der Waals surface area contributed by atoms with E-state index in [0.29, 0.717) is 5.39 Å². The van der Waals surface area contributed by atoms with E-state index in [2.05, 4.69) is 9.97 Å². The summed E-state index contributed by atoms with van der Waals surface area (Å²) in [4.78, 5) is 32.2. The number of carboxylic acid groups (broad SMARTS) is 1. The van der Waals surface area contributed by atoms with Crippen LogP contribution in [0.4, 0.5) is 5.82 Å². The molecule has 0 unspecified atom stereocenters. The molecule has 0 saturated heterocycles. The third kappa shape index (κ3) is 2.89. The number of aromatic nitrogens is 2. The standard InChI is InChI=1S/C19H19N3O4/c20-16-14(19(24)25)8-13-15(23)12-7-11(6-5-10-3-1-2-4-10)9-21-17(12)26-18(13)22-16/h7-10H,1-6H2,(H2,20,22)(H,24,25). The number of nitrogens with zero attached hydrogens (tertiary/aromatic N) is 2. The van der Waals surface area contributed by atoms with Crippen molar-refractivity contribution in [1.82, 2.24) is 9.97 Å². The summed E-state index contributed by atoms with van der Waals surface area (Å²) in [6.45, 7) is 0. The molecule has 0 radical (unpaired) electrons. The average molecular weight is 353 g/mol. The first-order valence-electron chi connectivity index (χ1n) is 8.78. The van der Waals surface area contributed by atoms with Crippen molar-refractivity contribution >= 4 is 34.0 Å². The van der Waals surface area contributed by atoms with Gasteiger partial charge in [-0.2, -0.15) is 4.98 Å². The van der Waals surface area contributed by atoms with E-state index >= 15 is 0 Å². The first-order chi connectivity index (χ1) is 12.5. The van der Waals surface area contributed by atoms with Crippen LogP contribution < -0.4 is 11.2 Å². The minimum Gasteiger partial charge on any atom is -0.478 e. The first kappa shape index (κ1) is 16.5. The summed E-state index contributed by atoms with van der Waals surface area (Å²) in [6.07, 6.45) is 8.84. The van der Waals surface area contributed by atoms with Gasteiger partial charge in [-0.15, -0.1) is 0 Å². The highest BCUT2D eigenvalue weighted by Gasteiger charge is 2.18. The lowest BCUT2D eigenvalue weighted by atomic mass is 9.98. The van der Waals surface area contributed by atoms with E-state index in [1.54, 1.807) is 12.3 Å². The van der Waals surface area contributed by atoms with E-state index in [-0.39, 0.29) is 33.6 Å². The number of rotatable bonds is 4. The second-order valence-electron chi connectivity index (χ2n) is 6.90. The zero-order valence-corrected chi connectivity index (χ0v) is 14.2. The van der Waals surface area contributed by atoms with Gasteiger partial charge < -0.3 is 15.3 Å². The molecule has 0 spiro atoms. The highest BCUT2D eigenvalue weighted by molar-refractivity contribution is 5.98. The number of anilines is 1. The molecule has 1 fully saturated rings. The second-order valence-corrected chi connectivity index (χ2v) is 6.90. The molecule has 3 heterocycles. The maximum atomic E-state index is 12.8. The third-order valence-corrected chi connectivity index (χ3v) is 5.15. The lowest BCUT2D eigenvalue weighted by molar-refractivity contribution is 0.0698. The third-order valence-electron chi connectivity index (χ3n) is 5.15. The molecule has 7 heteroatoms. The molecule has 3 aromatic rings. The number of hydrogen-bond acceptors (Lipinski definition) is 6. The summed E-state index contributed by atoms with van der Waals surface area (Å²) in [5.74, 6) is -0.676. The van der Waals surface area contributed by atoms with Crippen molar-refractivity contribution in [3.8, 4) is 0 Å². The number of nitrogens with two attached hydrogens (primary N) is 1. The quantitative estimate of drug-likeness (QED) is 0.691. The molecule has 1 aliphatic rings. The molecule has 1 saturated carbocycles. The molecule has 7 nitrogen and oxygen atoms in total. The summed E-state index contributed by atoms with van der Waals surface area (Å²) in [5, 5.41) is 9.62. The predicted octanol–water partition coefficient (Wildman–Crippen LogP) is 3.14. The maximum Gasteiger partial charge on any atom is 0.339 e. The van der Waals surface area contributed by atoms with Gasteiger partial charge in [0.15, 0.2) is 0 Å². The maximum absolute atomic E-state index is 12.8. The van der Waals surface area contributed by atoms with Gasteiger partial charge in [0.05, 0.1) is 10.8 Å². The normalized spacial score (nSPS) is 15.1. The van der Waals surface area contributed by atoms with Crippen molar-refractivity contribution in [2.45, 2.75) is 38.5 Å². The Morgan fingerprint density at radius 2 is 1.96 bits per heavy atom. The highest BCUT2D eigenvalue weighted by Crippen LogP contribution is 2.29. The minimum atomic E-state index is -1.24. The zero-order valence-electron chi connectivity index (χ0n) is 14.2. The monoisotopic (exact) mass is 353 g/mol. The van der Waals surface area contributed by atoms with Crippen molar-refractivity contribution in [3.63, 3.8) is 0 Å². The largest absolute Gasteiger partial charge is 0.478 e. The average Bonchev–Trinajstić information content (AvgIpc) is 3.13. The smallest absolute Gasteiger partial charge is 0.339 e. The number of carboxylic acids is 1. The van der Waals surface area contributed by atoms with Crippen LogP contribution in [0.15, 0.2) is 27.5 Å². The fourth-order valence-electron chi connectivity index (χ4n) is 3.70. The fraction of sp³-hybridized carbons (Fsp3) is 0.368. The number of aromatic carboxylic acids is 1. The van der Waals surface area contributed by atoms with E-state index < -0.39 is 5.97 Å². The van der Waals surface area contributed by atoms with Crippen molar-refractivity contribution in [3.05, 3.63) is 39.7 Å². The molecule has 3 aromatic heterocycles. The van der Waals surface area contributed by atoms with Gasteiger partial charge in [0.2, 0.25) is 16.9 Å². The van der Waals surface area contributed by atoms with Crippen molar-refractivity contribution in [2.24, 2.45) is 5.92 Å². The molecule has 0 aromatic carbocycles. The Bertz CT molecular complexity index is 1070. The summed E-state index contributed by atoms with van der Waals surface area (Å²) < 4.78 is 5.58. The SMILES string of the molecule is Nc1nc2oc3ncc(CCC4CCCC4)cc3c(=O)c2cc1C(=O)O. The van der Waals surface area contributed by atoms with E-state index in [0.717, 1.165) is 24.3 Å². The van der Waals surface area contributed by atoms with Crippen LogP contribution in [0.2, 0.25) is 0 Å². The second kappa shape index (κ2) is 6.40. The van der Waals surface area contributed by atoms with Gasteiger partial charge in [0.1, 0.15) is 11.4 Å². The number of hydrogen-bond donors (Lipinski definition) is 2. The van der Waals surface area contributed by atoms with Gasteiger partial charge in [-0.05, 0) is 36.5 Å². The topological polar surface area (TPSA) is 119 Å². The molecule has 0 aliphatic heterocycles. The van der Waals surface area contributed by atoms with Gasteiger partial charge >= 0.3 is 5.97 Å². The van der Waals surface area contributed by atoms with Gasteiger partial charge in [-0.25, -0.2) is 9.78 Å². The Morgan fingerprint density at radius 1 is 1.23 bits per heavy atom. The summed E-state index contributed by atoms with van der Waals surface area (Å²) in [6, 6.07) is 3.01. The molecule has 1 aliphatic carbocycles. The minimum absolute atomic E-state index is 0.00351. The molecule has 0 amide bonds. The van der Waals surface area contributed by atoms with Gasteiger partial charge in [0.25, 0.3) is 0 Å². The van der Waals surface area contributed by atoms with Gasteiger partial charge in [0, 0.05) is 6.20 Å². The van der Waals surface area contributed by atoms with Crippen LogP contribution in [0.1, 0.15) is 48.0 Å². The van der Waals surface area contributed by atoms with E-state index in [1.807, 2.05) is 0 Å². The van der Waals surface area contributed by atoms with Crippen LogP contribution in [0, 0.1) is 5.92 Å². The van der Waals surface area contributed by atoms with E-state index in [1.165, 1.54) is 31.7 Å². The molecular formula is C19H19N3O4. The van der Waals surface area contributed by atoms with Crippen LogP contribution >= 0.6 is 0 Å². The first-order valence-corrected chi connectivity index (χ1v) is 8.78. The molecule has 3 N–H and O–H groups in total. The van der Waals surface area contributed by atoms with Crippen molar-refractivity contribution < 1.29 is 14.3 Å². The number of pyridine rings is 2. The number of nitrogen functional groups attached to an aromatic ring is 1. The highest BCUT2D eigenvalue weighted by atomic mass is 16.4. The van der Waals surface area contributed by atoms with Crippen LogP contribution in [-0.2, 0) is 6.42 Å². The number of fused-ring (bicyclic) bond motifs is 2. The Kier molecular flexibility index (Phi) is 4.06. The number of aryl methyl sites for hydroxylation is 1. The lowest BCUT2D eigenvalue weighted by Gasteiger charge is -2.09. The zero-order chi connectivity index (χ0) is 18.3. The van der Waals surface area contributed by atoms with E-state index in [4.69, 9.17) is 10.2 Å². The van der Waals surface area contributed by atoms with Crippen LogP contribution in [0.3, 0.4) is 0 Å². The Balaban J connectivity index is 1.77. The summed E-state index contributed by atoms with van der Waals surface area (Å²) in [5.41, 5.74) is 6.24. The van der Waals surface area contributed by atoms with Crippen molar-refractivity contribution in [1.29, 1.82) is 0 Å². The summed E-state index contributed by atoms with van der Waals surface area (Å²) in [7, 11) is 0.